The van der Waals surface area contributed by atoms with Gasteiger partial charge in [-0.25, -0.2) is 0 Å². The van der Waals surface area contributed by atoms with Crippen molar-refractivity contribution in [3.05, 3.63) is 58.1 Å². The summed E-state index contributed by atoms with van der Waals surface area (Å²) in [7, 11) is 0. The van der Waals surface area contributed by atoms with E-state index in [1.54, 1.807) is 12.1 Å². The fraction of sp³-hybridized carbons (Fsp3) is 0.200. The normalized spacial score (nSPS) is 12.2. The second-order valence-electron chi connectivity index (χ2n) is 4.47. The highest BCUT2D eigenvalue weighted by molar-refractivity contribution is 6.32. The molecule has 0 aliphatic carbocycles. The number of benzene rings is 2. The van der Waals surface area contributed by atoms with Gasteiger partial charge >= 0.3 is 0 Å². The fourth-order valence-corrected chi connectivity index (χ4v) is 2.17. The van der Waals surface area contributed by atoms with Crippen molar-refractivity contribution in [1.82, 2.24) is 0 Å². The molecule has 2 aromatic rings. The second-order valence-corrected chi connectivity index (χ2v) is 5.31. The van der Waals surface area contributed by atoms with Gasteiger partial charge in [0.25, 0.3) is 0 Å². The lowest BCUT2D eigenvalue weighted by molar-refractivity contribution is 0.474. The van der Waals surface area contributed by atoms with Gasteiger partial charge in [0, 0.05) is 11.1 Å². The highest BCUT2D eigenvalue weighted by Gasteiger charge is 2.09. The van der Waals surface area contributed by atoms with Crippen LogP contribution in [0.1, 0.15) is 12.5 Å². The minimum atomic E-state index is 0.0343. The molecule has 0 aromatic heterocycles. The summed E-state index contributed by atoms with van der Waals surface area (Å²) in [5.74, 6) is 1.35. The van der Waals surface area contributed by atoms with Crippen molar-refractivity contribution in [3.63, 3.8) is 0 Å². The van der Waals surface area contributed by atoms with Crippen molar-refractivity contribution in [2.24, 2.45) is 5.73 Å². The molecule has 0 amide bonds. The first-order valence-electron chi connectivity index (χ1n) is 6.02. The zero-order valence-corrected chi connectivity index (χ0v) is 12.1. The van der Waals surface area contributed by atoms with Crippen LogP contribution in [0.3, 0.4) is 0 Å². The number of rotatable bonds is 4. The van der Waals surface area contributed by atoms with Crippen LogP contribution in [0, 0.1) is 0 Å². The van der Waals surface area contributed by atoms with Crippen molar-refractivity contribution in [2.75, 3.05) is 0 Å². The molecule has 2 nitrogen and oxygen atoms in total. The summed E-state index contributed by atoms with van der Waals surface area (Å²) in [6.07, 6.45) is 0.695. The SMILES string of the molecule is CC(N)Cc1cc(Cl)ccc1Oc1ccccc1Cl. The van der Waals surface area contributed by atoms with E-state index in [0.717, 1.165) is 11.3 Å². The predicted molar refractivity (Wildman–Crippen MR) is 80.3 cm³/mol. The summed E-state index contributed by atoms with van der Waals surface area (Å²) in [6.45, 7) is 1.94. The molecular formula is C15H15Cl2NO. The van der Waals surface area contributed by atoms with Crippen LogP contribution in [-0.4, -0.2) is 6.04 Å². The summed E-state index contributed by atoms with van der Waals surface area (Å²) in [4.78, 5) is 0. The molecule has 0 fully saturated rings. The zero-order valence-electron chi connectivity index (χ0n) is 10.6. The predicted octanol–water partition coefficient (Wildman–Crippen LogP) is 4.68. The van der Waals surface area contributed by atoms with Gasteiger partial charge in [-0.15, -0.1) is 0 Å². The van der Waals surface area contributed by atoms with Gasteiger partial charge in [-0.2, -0.15) is 0 Å². The fourth-order valence-electron chi connectivity index (χ4n) is 1.80. The number of hydrogen-bond acceptors (Lipinski definition) is 2. The molecule has 1 atom stereocenters. The van der Waals surface area contributed by atoms with E-state index in [4.69, 9.17) is 33.7 Å². The largest absolute Gasteiger partial charge is 0.456 e. The van der Waals surface area contributed by atoms with Gasteiger partial charge in [0.2, 0.25) is 0 Å². The van der Waals surface area contributed by atoms with Crippen molar-refractivity contribution < 1.29 is 4.74 Å². The molecular weight excluding hydrogens is 281 g/mol. The summed E-state index contributed by atoms with van der Waals surface area (Å²) in [6, 6.07) is 12.9. The van der Waals surface area contributed by atoms with Gasteiger partial charge in [0.05, 0.1) is 5.02 Å². The summed E-state index contributed by atoms with van der Waals surface area (Å²) in [5, 5.41) is 1.24. The van der Waals surface area contributed by atoms with Crippen LogP contribution in [0.5, 0.6) is 11.5 Å². The first-order valence-corrected chi connectivity index (χ1v) is 6.78. The average Bonchev–Trinajstić information content (AvgIpc) is 2.34. The van der Waals surface area contributed by atoms with Crippen LogP contribution >= 0.6 is 23.2 Å². The van der Waals surface area contributed by atoms with E-state index in [-0.39, 0.29) is 6.04 Å². The second kappa shape index (κ2) is 6.29. The third-order valence-electron chi connectivity index (χ3n) is 2.62. The number of nitrogens with two attached hydrogens (primary N) is 1. The van der Waals surface area contributed by atoms with E-state index >= 15 is 0 Å². The van der Waals surface area contributed by atoms with Gasteiger partial charge in [0.15, 0.2) is 0 Å². The maximum absolute atomic E-state index is 6.09. The van der Waals surface area contributed by atoms with Gasteiger partial charge in [0.1, 0.15) is 11.5 Å². The monoisotopic (exact) mass is 295 g/mol. The number of para-hydroxylation sites is 1. The Morgan fingerprint density at radius 3 is 2.53 bits per heavy atom. The minimum absolute atomic E-state index is 0.0343. The Bertz CT molecular complexity index is 570. The van der Waals surface area contributed by atoms with E-state index < -0.39 is 0 Å². The van der Waals surface area contributed by atoms with Crippen LogP contribution in [0.15, 0.2) is 42.5 Å². The Kier molecular flexibility index (Phi) is 4.70. The Morgan fingerprint density at radius 2 is 1.84 bits per heavy atom. The molecule has 0 saturated heterocycles. The van der Waals surface area contributed by atoms with E-state index in [2.05, 4.69) is 0 Å². The van der Waals surface area contributed by atoms with Crippen LogP contribution in [0.25, 0.3) is 0 Å². The molecule has 2 aromatic carbocycles. The number of hydrogen-bond donors (Lipinski definition) is 1. The highest BCUT2D eigenvalue weighted by atomic mass is 35.5. The molecule has 2 rings (SSSR count). The van der Waals surface area contributed by atoms with E-state index in [1.165, 1.54) is 0 Å². The smallest absolute Gasteiger partial charge is 0.146 e. The van der Waals surface area contributed by atoms with Gasteiger partial charge in [-0.1, -0.05) is 35.3 Å². The minimum Gasteiger partial charge on any atom is -0.456 e. The van der Waals surface area contributed by atoms with Crippen molar-refractivity contribution >= 4 is 23.2 Å². The molecule has 0 aliphatic heterocycles. The third-order valence-corrected chi connectivity index (χ3v) is 3.17. The van der Waals surface area contributed by atoms with E-state index in [9.17, 15) is 0 Å². The lowest BCUT2D eigenvalue weighted by Crippen LogP contribution is -2.18. The topological polar surface area (TPSA) is 35.2 Å². The lowest BCUT2D eigenvalue weighted by Gasteiger charge is -2.14. The molecule has 0 saturated carbocycles. The number of halogens is 2. The van der Waals surface area contributed by atoms with Gasteiger partial charge < -0.3 is 10.5 Å². The lowest BCUT2D eigenvalue weighted by atomic mass is 10.1. The molecule has 0 bridgehead atoms. The number of ether oxygens (including phenoxy) is 1. The molecule has 1 unspecified atom stereocenters. The Morgan fingerprint density at radius 1 is 1.11 bits per heavy atom. The Hall–Kier alpha value is -1.22. The summed E-state index contributed by atoms with van der Waals surface area (Å²) >= 11 is 12.1. The molecule has 4 heteroatoms. The van der Waals surface area contributed by atoms with Crippen LogP contribution in [-0.2, 0) is 6.42 Å². The molecule has 0 radical (unpaired) electrons. The molecule has 0 aliphatic rings. The molecule has 0 spiro atoms. The molecule has 2 N–H and O–H groups in total. The van der Waals surface area contributed by atoms with Gasteiger partial charge in [-0.05, 0) is 49.2 Å². The van der Waals surface area contributed by atoms with E-state index in [1.807, 2.05) is 37.3 Å². The highest BCUT2D eigenvalue weighted by Crippen LogP contribution is 2.32. The zero-order chi connectivity index (χ0) is 13.8. The third kappa shape index (κ3) is 3.87. The Labute approximate surface area is 123 Å². The first kappa shape index (κ1) is 14.2. The maximum Gasteiger partial charge on any atom is 0.146 e. The molecule has 0 heterocycles. The van der Waals surface area contributed by atoms with Crippen LogP contribution in [0.2, 0.25) is 10.0 Å². The van der Waals surface area contributed by atoms with Crippen LogP contribution in [0.4, 0.5) is 0 Å². The van der Waals surface area contributed by atoms with Crippen molar-refractivity contribution in [1.29, 1.82) is 0 Å². The standard InChI is InChI=1S/C15H15Cl2NO/c1-10(18)8-11-9-12(16)6-7-14(11)19-15-5-3-2-4-13(15)17/h2-7,9-10H,8,18H2,1H3. The molecule has 100 valence electrons. The first-order chi connectivity index (χ1) is 9.06. The van der Waals surface area contributed by atoms with E-state index in [0.29, 0.717) is 22.2 Å². The van der Waals surface area contributed by atoms with Crippen molar-refractivity contribution in [3.8, 4) is 11.5 Å². The van der Waals surface area contributed by atoms with Gasteiger partial charge in [-0.3, -0.25) is 0 Å². The average molecular weight is 296 g/mol. The quantitative estimate of drug-likeness (QED) is 0.889. The molecule has 19 heavy (non-hydrogen) atoms. The summed E-state index contributed by atoms with van der Waals surface area (Å²) in [5.41, 5.74) is 6.82. The summed E-state index contributed by atoms with van der Waals surface area (Å²) < 4.78 is 5.85. The Balaban J connectivity index is 2.32. The van der Waals surface area contributed by atoms with Crippen molar-refractivity contribution in [2.45, 2.75) is 19.4 Å². The van der Waals surface area contributed by atoms with Crippen LogP contribution < -0.4 is 10.5 Å². The maximum atomic E-state index is 6.09.